The maximum Gasteiger partial charge on any atom is 0.0900 e. The molecule has 0 aliphatic heterocycles. The van der Waals surface area contributed by atoms with Crippen LogP contribution in [0.25, 0.3) is 0 Å². The predicted octanol–water partition coefficient (Wildman–Crippen LogP) is 2.70. The molecule has 0 bridgehead atoms. The Balaban J connectivity index is 1.66. The average molecular weight is 285 g/mol. The zero-order chi connectivity index (χ0) is 14.9. The van der Waals surface area contributed by atoms with E-state index in [0.29, 0.717) is 19.8 Å². The molecule has 0 spiro atoms. The fraction of sp³-hybridized carbons (Fsp3) is 0.333. The van der Waals surface area contributed by atoms with Gasteiger partial charge in [-0.2, -0.15) is 0 Å². The molecular weight excluding hydrogens is 262 g/mol. The monoisotopic (exact) mass is 285 g/mol. The number of nitrogens with zero attached hydrogens (tertiary/aromatic N) is 1. The van der Waals surface area contributed by atoms with Gasteiger partial charge in [0.1, 0.15) is 0 Å². The van der Waals surface area contributed by atoms with Crippen LogP contribution < -0.4 is 0 Å². The van der Waals surface area contributed by atoms with E-state index in [1.165, 1.54) is 5.56 Å². The zero-order valence-electron chi connectivity index (χ0n) is 12.5. The lowest BCUT2D eigenvalue weighted by Gasteiger charge is -2.20. The zero-order valence-corrected chi connectivity index (χ0v) is 12.5. The largest absolute Gasteiger partial charge is 0.389 e. The molecule has 0 fully saturated rings. The second-order valence-corrected chi connectivity index (χ2v) is 5.34. The fourth-order valence-corrected chi connectivity index (χ4v) is 2.26. The first kappa shape index (κ1) is 15.7. The highest BCUT2D eigenvalue weighted by Crippen LogP contribution is 2.04. The fourth-order valence-electron chi connectivity index (χ4n) is 2.26. The SMILES string of the molecule is CN(Cc1ccccc1)C[C@@H](O)COCc1ccccc1. The molecule has 3 heteroatoms. The number of ether oxygens (including phenoxy) is 1. The van der Waals surface area contributed by atoms with Crippen molar-refractivity contribution >= 4 is 0 Å². The number of rotatable bonds is 8. The van der Waals surface area contributed by atoms with Gasteiger partial charge in [-0.3, -0.25) is 4.90 Å². The highest BCUT2D eigenvalue weighted by molar-refractivity contribution is 5.14. The van der Waals surface area contributed by atoms with Crippen LogP contribution in [0, 0.1) is 0 Å². The van der Waals surface area contributed by atoms with E-state index in [0.717, 1.165) is 12.1 Å². The lowest BCUT2D eigenvalue weighted by atomic mass is 10.2. The predicted molar refractivity (Wildman–Crippen MR) is 84.9 cm³/mol. The Bertz CT molecular complexity index is 501. The van der Waals surface area contributed by atoms with Crippen molar-refractivity contribution in [1.82, 2.24) is 4.90 Å². The van der Waals surface area contributed by atoms with E-state index >= 15 is 0 Å². The summed E-state index contributed by atoms with van der Waals surface area (Å²) in [4.78, 5) is 2.10. The van der Waals surface area contributed by atoms with E-state index in [2.05, 4.69) is 17.0 Å². The molecule has 0 amide bonds. The van der Waals surface area contributed by atoms with Gasteiger partial charge in [0.15, 0.2) is 0 Å². The maximum absolute atomic E-state index is 10.0. The minimum atomic E-state index is -0.470. The van der Waals surface area contributed by atoms with Gasteiger partial charge in [-0.25, -0.2) is 0 Å². The van der Waals surface area contributed by atoms with Gasteiger partial charge in [0.05, 0.1) is 19.3 Å². The van der Waals surface area contributed by atoms with Gasteiger partial charge in [-0.05, 0) is 18.2 Å². The van der Waals surface area contributed by atoms with Crippen LogP contribution in [0.5, 0.6) is 0 Å². The van der Waals surface area contributed by atoms with Crippen LogP contribution in [-0.4, -0.2) is 36.3 Å². The Morgan fingerprint density at radius 1 is 0.952 bits per heavy atom. The average Bonchev–Trinajstić information content (AvgIpc) is 2.49. The number of likely N-dealkylation sites (N-methyl/N-ethyl adjacent to an activating group) is 1. The van der Waals surface area contributed by atoms with Crippen LogP contribution in [-0.2, 0) is 17.9 Å². The third-order valence-electron chi connectivity index (χ3n) is 3.24. The van der Waals surface area contributed by atoms with E-state index in [1.54, 1.807) is 0 Å². The third-order valence-corrected chi connectivity index (χ3v) is 3.24. The summed E-state index contributed by atoms with van der Waals surface area (Å²) in [5, 5.41) is 10.0. The first-order chi connectivity index (χ1) is 10.2. The van der Waals surface area contributed by atoms with E-state index in [1.807, 2.05) is 55.6 Å². The summed E-state index contributed by atoms with van der Waals surface area (Å²) in [7, 11) is 2.01. The Hall–Kier alpha value is -1.68. The molecule has 0 radical (unpaired) electrons. The van der Waals surface area contributed by atoms with Crippen molar-refractivity contribution in [1.29, 1.82) is 0 Å². The van der Waals surface area contributed by atoms with E-state index in [-0.39, 0.29) is 0 Å². The van der Waals surface area contributed by atoms with Gasteiger partial charge in [0.2, 0.25) is 0 Å². The molecule has 2 aromatic rings. The second kappa shape index (κ2) is 8.57. The molecule has 0 saturated heterocycles. The van der Waals surface area contributed by atoms with Crippen LogP contribution in [0.15, 0.2) is 60.7 Å². The number of hydrogen-bond donors (Lipinski definition) is 1. The van der Waals surface area contributed by atoms with Crippen molar-refractivity contribution in [2.75, 3.05) is 20.2 Å². The maximum atomic E-state index is 10.0. The molecule has 1 N–H and O–H groups in total. The van der Waals surface area contributed by atoms with Crippen molar-refractivity contribution < 1.29 is 9.84 Å². The molecule has 0 saturated carbocycles. The lowest BCUT2D eigenvalue weighted by molar-refractivity contribution is 0.0127. The Morgan fingerprint density at radius 2 is 1.52 bits per heavy atom. The Kier molecular flexibility index (Phi) is 6.41. The summed E-state index contributed by atoms with van der Waals surface area (Å²) in [6, 6.07) is 20.3. The summed E-state index contributed by atoms with van der Waals surface area (Å²) in [5.41, 5.74) is 2.37. The summed E-state index contributed by atoms with van der Waals surface area (Å²) in [6.45, 7) is 2.33. The van der Waals surface area contributed by atoms with Gasteiger partial charge < -0.3 is 9.84 Å². The van der Waals surface area contributed by atoms with Crippen LogP contribution >= 0.6 is 0 Å². The Labute approximate surface area is 126 Å². The van der Waals surface area contributed by atoms with Crippen molar-refractivity contribution in [3.05, 3.63) is 71.8 Å². The van der Waals surface area contributed by atoms with Crippen LogP contribution in [0.2, 0.25) is 0 Å². The Morgan fingerprint density at radius 3 is 2.14 bits per heavy atom. The highest BCUT2D eigenvalue weighted by atomic mass is 16.5. The molecule has 0 heterocycles. The molecule has 21 heavy (non-hydrogen) atoms. The standard InChI is InChI=1S/C18H23NO2/c1-19(12-16-8-4-2-5-9-16)13-18(20)15-21-14-17-10-6-3-7-11-17/h2-11,18,20H,12-15H2,1H3/t18-/m1/s1. The normalized spacial score (nSPS) is 12.5. The van der Waals surface area contributed by atoms with Crippen molar-refractivity contribution in [3.63, 3.8) is 0 Å². The number of hydrogen-bond acceptors (Lipinski definition) is 3. The topological polar surface area (TPSA) is 32.7 Å². The van der Waals surface area contributed by atoms with E-state index in [4.69, 9.17) is 4.74 Å². The second-order valence-electron chi connectivity index (χ2n) is 5.34. The molecule has 2 rings (SSSR count). The van der Waals surface area contributed by atoms with Crippen molar-refractivity contribution in [3.8, 4) is 0 Å². The summed E-state index contributed by atoms with van der Waals surface area (Å²) < 4.78 is 5.56. The molecule has 0 aliphatic rings. The van der Waals surface area contributed by atoms with Gasteiger partial charge >= 0.3 is 0 Å². The molecule has 0 aliphatic carbocycles. The molecule has 3 nitrogen and oxygen atoms in total. The van der Waals surface area contributed by atoms with Crippen LogP contribution in [0.4, 0.5) is 0 Å². The molecule has 0 unspecified atom stereocenters. The molecule has 2 aromatic carbocycles. The van der Waals surface area contributed by atoms with Gasteiger partial charge in [0.25, 0.3) is 0 Å². The van der Waals surface area contributed by atoms with E-state index in [9.17, 15) is 5.11 Å². The summed E-state index contributed by atoms with van der Waals surface area (Å²) >= 11 is 0. The van der Waals surface area contributed by atoms with Crippen molar-refractivity contribution in [2.45, 2.75) is 19.3 Å². The summed E-state index contributed by atoms with van der Waals surface area (Å²) in [5.74, 6) is 0. The minimum absolute atomic E-state index is 0.355. The number of benzene rings is 2. The summed E-state index contributed by atoms with van der Waals surface area (Å²) in [6.07, 6.45) is -0.470. The first-order valence-electron chi connectivity index (χ1n) is 7.26. The van der Waals surface area contributed by atoms with Gasteiger partial charge in [-0.15, -0.1) is 0 Å². The molecular formula is C18H23NO2. The molecule has 112 valence electrons. The minimum Gasteiger partial charge on any atom is -0.389 e. The molecule has 1 atom stereocenters. The number of aliphatic hydroxyl groups is 1. The quantitative estimate of drug-likeness (QED) is 0.809. The molecule has 0 aromatic heterocycles. The van der Waals surface area contributed by atoms with Crippen LogP contribution in [0.1, 0.15) is 11.1 Å². The smallest absolute Gasteiger partial charge is 0.0900 e. The van der Waals surface area contributed by atoms with Crippen molar-refractivity contribution in [2.24, 2.45) is 0 Å². The number of aliphatic hydroxyl groups excluding tert-OH is 1. The first-order valence-corrected chi connectivity index (χ1v) is 7.26. The van der Waals surface area contributed by atoms with Gasteiger partial charge in [-0.1, -0.05) is 60.7 Å². The lowest BCUT2D eigenvalue weighted by Crippen LogP contribution is -2.31. The van der Waals surface area contributed by atoms with E-state index < -0.39 is 6.10 Å². The van der Waals surface area contributed by atoms with Crippen LogP contribution in [0.3, 0.4) is 0 Å². The third kappa shape index (κ3) is 6.08. The highest BCUT2D eigenvalue weighted by Gasteiger charge is 2.09. The van der Waals surface area contributed by atoms with Gasteiger partial charge in [0, 0.05) is 13.1 Å².